The van der Waals surface area contributed by atoms with Gasteiger partial charge < -0.3 is 19.6 Å². The topological polar surface area (TPSA) is 152 Å². The summed E-state index contributed by atoms with van der Waals surface area (Å²) < 4.78 is 9.99. The van der Waals surface area contributed by atoms with Gasteiger partial charge in [-0.3, -0.25) is 29.4 Å². The molecule has 2 aromatic rings. The SMILES string of the molecule is COc1cc(/C=C2\SC(=O)N(CC(=O)NCc3ccco3)C2=O)cc([N+](=O)[O-])c1O. The molecule has 1 fully saturated rings. The van der Waals surface area contributed by atoms with Crippen LogP contribution in [0.4, 0.5) is 10.5 Å². The van der Waals surface area contributed by atoms with Crippen LogP contribution in [0, 0.1) is 10.1 Å². The number of nitro groups is 1. The second kappa shape index (κ2) is 8.69. The summed E-state index contributed by atoms with van der Waals surface area (Å²) in [4.78, 5) is 47.8. The van der Waals surface area contributed by atoms with Gasteiger partial charge in [-0.05, 0) is 41.6 Å². The zero-order chi connectivity index (χ0) is 21.8. The maximum absolute atomic E-state index is 12.5. The van der Waals surface area contributed by atoms with Gasteiger partial charge in [-0.2, -0.15) is 0 Å². The first-order valence-corrected chi connectivity index (χ1v) is 9.21. The predicted molar refractivity (Wildman–Crippen MR) is 105 cm³/mol. The van der Waals surface area contributed by atoms with Gasteiger partial charge in [0.05, 0.1) is 29.7 Å². The van der Waals surface area contributed by atoms with Crippen molar-refractivity contribution in [2.24, 2.45) is 0 Å². The van der Waals surface area contributed by atoms with E-state index in [0.29, 0.717) is 17.5 Å². The van der Waals surface area contributed by atoms with Gasteiger partial charge in [-0.15, -0.1) is 0 Å². The third kappa shape index (κ3) is 4.43. The monoisotopic (exact) mass is 433 g/mol. The smallest absolute Gasteiger partial charge is 0.315 e. The molecule has 0 radical (unpaired) electrons. The lowest BCUT2D eigenvalue weighted by Crippen LogP contribution is -2.39. The van der Waals surface area contributed by atoms with Gasteiger partial charge in [-0.1, -0.05) is 0 Å². The number of phenols is 1. The van der Waals surface area contributed by atoms with Gasteiger partial charge in [0, 0.05) is 6.07 Å². The van der Waals surface area contributed by atoms with Crippen LogP contribution in [0.25, 0.3) is 6.08 Å². The Balaban J connectivity index is 1.75. The third-order valence-corrected chi connectivity index (χ3v) is 4.91. The van der Waals surface area contributed by atoms with Crippen molar-refractivity contribution < 1.29 is 33.6 Å². The van der Waals surface area contributed by atoms with Crippen LogP contribution in [-0.2, 0) is 16.1 Å². The van der Waals surface area contributed by atoms with Crippen LogP contribution in [0.5, 0.6) is 11.5 Å². The van der Waals surface area contributed by atoms with Gasteiger partial charge >= 0.3 is 5.69 Å². The van der Waals surface area contributed by atoms with Crippen LogP contribution in [-0.4, -0.2) is 45.6 Å². The van der Waals surface area contributed by atoms with Crippen molar-refractivity contribution in [1.29, 1.82) is 0 Å². The molecule has 0 aliphatic carbocycles. The Morgan fingerprint density at radius 2 is 2.20 bits per heavy atom. The van der Waals surface area contributed by atoms with Crippen molar-refractivity contribution in [2.75, 3.05) is 13.7 Å². The molecule has 1 aliphatic rings. The molecule has 2 N–H and O–H groups in total. The number of hydrogen-bond acceptors (Lipinski definition) is 9. The van der Waals surface area contributed by atoms with E-state index in [-0.39, 0.29) is 22.8 Å². The fourth-order valence-electron chi connectivity index (χ4n) is 2.58. The minimum Gasteiger partial charge on any atom is -0.500 e. The molecule has 1 aromatic heterocycles. The van der Waals surface area contributed by atoms with Crippen LogP contribution in [0.1, 0.15) is 11.3 Å². The lowest BCUT2D eigenvalue weighted by Gasteiger charge is -2.11. The first-order valence-electron chi connectivity index (χ1n) is 8.40. The molecule has 30 heavy (non-hydrogen) atoms. The summed E-state index contributed by atoms with van der Waals surface area (Å²) in [7, 11) is 1.22. The first kappa shape index (κ1) is 20.9. The summed E-state index contributed by atoms with van der Waals surface area (Å²) in [6.45, 7) is -0.378. The molecule has 1 saturated heterocycles. The van der Waals surface area contributed by atoms with E-state index in [1.165, 1.54) is 25.5 Å². The van der Waals surface area contributed by atoms with Gasteiger partial charge in [0.25, 0.3) is 11.1 Å². The van der Waals surface area contributed by atoms with Gasteiger partial charge in [0.2, 0.25) is 11.7 Å². The number of methoxy groups -OCH3 is 1. The maximum Gasteiger partial charge on any atom is 0.315 e. The van der Waals surface area contributed by atoms with E-state index in [1.807, 2.05) is 0 Å². The number of carbonyl (C=O) groups excluding carboxylic acids is 3. The Kier molecular flexibility index (Phi) is 6.06. The number of amides is 3. The number of phenolic OH excluding ortho intramolecular Hbond substituents is 1. The number of carbonyl (C=O) groups is 3. The zero-order valence-corrected chi connectivity index (χ0v) is 16.3. The fraction of sp³-hybridized carbons (Fsp3) is 0.167. The number of hydrogen-bond donors (Lipinski definition) is 2. The normalized spacial score (nSPS) is 15.0. The minimum atomic E-state index is -0.801. The molecule has 0 atom stereocenters. The average Bonchev–Trinajstić information content (AvgIpc) is 3.31. The van der Waals surface area contributed by atoms with Gasteiger partial charge in [0.15, 0.2) is 5.75 Å². The predicted octanol–water partition coefficient (Wildman–Crippen LogP) is 2.25. The van der Waals surface area contributed by atoms with Gasteiger partial charge in [-0.25, -0.2) is 0 Å². The summed E-state index contributed by atoms with van der Waals surface area (Å²) in [6, 6.07) is 5.65. The number of thioether (sulfide) groups is 1. The van der Waals surface area contributed by atoms with E-state index in [9.17, 15) is 29.6 Å². The van der Waals surface area contributed by atoms with E-state index in [4.69, 9.17) is 9.15 Å². The van der Waals surface area contributed by atoms with Crippen molar-refractivity contribution in [3.8, 4) is 11.5 Å². The fourth-order valence-corrected chi connectivity index (χ4v) is 3.42. The number of nitrogens with zero attached hydrogens (tertiary/aromatic N) is 2. The third-order valence-electron chi connectivity index (χ3n) is 4.01. The molecule has 3 amide bonds. The molecule has 3 rings (SSSR count). The molecule has 12 heteroatoms. The second-order valence-electron chi connectivity index (χ2n) is 5.97. The van der Waals surface area contributed by atoms with Crippen molar-refractivity contribution >= 4 is 40.6 Å². The number of nitro benzene ring substituents is 1. The van der Waals surface area contributed by atoms with Crippen molar-refractivity contribution in [3.63, 3.8) is 0 Å². The summed E-state index contributed by atoms with van der Waals surface area (Å²) in [5, 5.41) is 22.8. The minimum absolute atomic E-state index is 0.0270. The highest BCUT2D eigenvalue weighted by Crippen LogP contribution is 2.39. The van der Waals surface area contributed by atoms with E-state index in [2.05, 4.69) is 5.32 Å². The molecule has 2 heterocycles. The Morgan fingerprint density at radius 3 is 2.83 bits per heavy atom. The molecule has 1 aliphatic heterocycles. The maximum atomic E-state index is 12.5. The number of aromatic hydroxyl groups is 1. The Morgan fingerprint density at radius 1 is 1.43 bits per heavy atom. The van der Waals surface area contributed by atoms with E-state index < -0.39 is 40.0 Å². The zero-order valence-electron chi connectivity index (χ0n) is 15.5. The van der Waals surface area contributed by atoms with Crippen molar-refractivity contribution in [3.05, 3.63) is 56.9 Å². The number of imide groups is 1. The van der Waals surface area contributed by atoms with Crippen LogP contribution < -0.4 is 10.1 Å². The Bertz CT molecular complexity index is 1050. The number of ether oxygens (including phenoxy) is 1. The van der Waals surface area contributed by atoms with Crippen molar-refractivity contribution in [1.82, 2.24) is 10.2 Å². The first-order chi connectivity index (χ1) is 14.3. The molecular weight excluding hydrogens is 418 g/mol. The average molecular weight is 433 g/mol. The molecule has 0 bridgehead atoms. The van der Waals surface area contributed by atoms with Crippen molar-refractivity contribution in [2.45, 2.75) is 6.54 Å². The van der Waals surface area contributed by atoms with Gasteiger partial charge in [0.1, 0.15) is 12.3 Å². The van der Waals surface area contributed by atoms with E-state index in [1.54, 1.807) is 12.1 Å². The molecule has 1 aromatic carbocycles. The lowest BCUT2D eigenvalue weighted by atomic mass is 10.1. The summed E-state index contributed by atoms with van der Waals surface area (Å²) in [5.74, 6) is -1.57. The standard InChI is InChI=1S/C18H15N3O8S/c1-28-13-6-10(5-12(16(13)23)21(26)27)7-14-17(24)20(18(25)30-14)9-15(22)19-8-11-3-2-4-29-11/h2-7,23H,8-9H2,1H3,(H,19,22)/b14-7-. The van der Waals surface area contributed by atoms with Crippen LogP contribution in [0.2, 0.25) is 0 Å². The highest BCUT2D eigenvalue weighted by Gasteiger charge is 2.36. The molecule has 0 saturated carbocycles. The second-order valence-corrected chi connectivity index (χ2v) is 6.97. The molecule has 0 unspecified atom stereocenters. The molecular formula is C18H15N3O8S. The number of nitrogens with one attached hydrogen (secondary N) is 1. The van der Waals surface area contributed by atoms with E-state index in [0.717, 1.165) is 11.0 Å². The van der Waals surface area contributed by atoms with Crippen LogP contribution in [0.15, 0.2) is 39.9 Å². The highest BCUT2D eigenvalue weighted by molar-refractivity contribution is 8.18. The summed E-state index contributed by atoms with van der Waals surface area (Å²) >= 11 is 0.593. The number of furan rings is 1. The highest BCUT2D eigenvalue weighted by atomic mass is 32.2. The molecule has 11 nitrogen and oxygen atoms in total. The largest absolute Gasteiger partial charge is 0.500 e. The number of benzene rings is 1. The lowest BCUT2D eigenvalue weighted by molar-refractivity contribution is -0.386. The van der Waals surface area contributed by atoms with E-state index >= 15 is 0 Å². The number of rotatable bonds is 7. The Hall–Kier alpha value is -3.80. The molecule has 0 spiro atoms. The quantitative estimate of drug-likeness (QED) is 0.380. The Labute approximate surface area is 173 Å². The van der Waals surface area contributed by atoms with Crippen LogP contribution >= 0.6 is 11.8 Å². The van der Waals surface area contributed by atoms with Crippen LogP contribution in [0.3, 0.4) is 0 Å². The summed E-state index contributed by atoms with van der Waals surface area (Å²) in [5.41, 5.74) is -0.443. The molecule has 156 valence electrons. The summed E-state index contributed by atoms with van der Waals surface area (Å²) in [6.07, 6.45) is 2.70.